The number of hydrogen-bond acceptors (Lipinski definition) is 2. The van der Waals surface area contributed by atoms with Crippen LogP contribution in [0.5, 0.6) is 0 Å². The lowest BCUT2D eigenvalue weighted by Crippen LogP contribution is -2.18. The summed E-state index contributed by atoms with van der Waals surface area (Å²) in [7, 11) is 1.98. The number of hydrogen-bond donors (Lipinski definition) is 2. The van der Waals surface area contributed by atoms with Gasteiger partial charge in [-0.25, -0.2) is 0 Å². The van der Waals surface area contributed by atoms with Crippen molar-refractivity contribution in [2.75, 3.05) is 11.9 Å². The molecule has 0 aliphatic rings. The molecule has 20 heavy (non-hydrogen) atoms. The number of anilines is 1. The first-order valence-electron chi connectivity index (χ1n) is 6.07. The van der Waals surface area contributed by atoms with Gasteiger partial charge in [-0.05, 0) is 29.8 Å². The molecule has 0 fully saturated rings. The normalized spacial score (nSPS) is 10.3. The molecule has 2 aromatic carbocycles. The molecule has 0 bridgehead atoms. The Morgan fingerprint density at radius 3 is 2.70 bits per heavy atom. The average molecular weight is 353 g/mol. The predicted octanol–water partition coefficient (Wildman–Crippen LogP) is 4.02. The molecule has 5 heteroatoms. The van der Waals surface area contributed by atoms with Crippen molar-refractivity contribution in [3.05, 3.63) is 63.1 Å². The zero-order chi connectivity index (χ0) is 14.7. The minimum absolute atomic E-state index is 0.0712. The molecule has 0 aliphatic heterocycles. The molecule has 0 aliphatic carbocycles. The maximum atomic E-state index is 7.48. The largest absolute Gasteiger partial charge is 0.384 e. The predicted molar refractivity (Wildman–Crippen MR) is 88.7 cm³/mol. The fourth-order valence-electron chi connectivity index (χ4n) is 1.91. The maximum Gasteiger partial charge on any atom is 0.122 e. The van der Waals surface area contributed by atoms with Crippen LogP contribution in [-0.2, 0) is 6.54 Å². The minimum Gasteiger partial charge on any atom is -0.384 e. The van der Waals surface area contributed by atoms with Crippen molar-refractivity contribution in [2.24, 2.45) is 5.73 Å². The van der Waals surface area contributed by atoms with Crippen LogP contribution in [0.25, 0.3) is 0 Å². The Bertz CT molecular complexity index is 643. The Kier molecular flexibility index (Phi) is 4.68. The van der Waals surface area contributed by atoms with E-state index in [0.717, 1.165) is 26.3 Å². The quantitative estimate of drug-likeness (QED) is 0.645. The number of nitrogens with one attached hydrogen (secondary N) is 1. The number of benzene rings is 2. The lowest BCUT2D eigenvalue weighted by atomic mass is 10.1. The van der Waals surface area contributed by atoms with E-state index >= 15 is 0 Å². The van der Waals surface area contributed by atoms with Crippen LogP contribution >= 0.6 is 27.5 Å². The van der Waals surface area contributed by atoms with Gasteiger partial charge in [0.25, 0.3) is 0 Å². The molecule has 2 aromatic rings. The van der Waals surface area contributed by atoms with Crippen LogP contribution in [0.4, 0.5) is 5.69 Å². The summed E-state index contributed by atoms with van der Waals surface area (Å²) in [6.07, 6.45) is 0. The lowest BCUT2D eigenvalue weighted by Gasteiger charge is -2.20. The SMILES string of the molecule is CN(Cc1ccc(Br)cc1Cl)c1cccc(C(=N)N)c1. The van der Waals surface area contributed by atoms with Crippen LogP contribution < -0.4 is 10.6 Å². The number of amidine groups is 1. The van der Waals surface area contributed by atoms with Gasteiger partial charge < -0.3 is 10.6 Å². The van der Waals surface area contributed by atoms with Crippen molar-refractivity contribution in [3.63, 3.8) is 0 Å². The number of nitrogens with two attached hydrogens (primary N) is 1. The smallest absolute Gasteiger partial charge is 0.122 e. The molecule has 104 valence electrons. The molecule has 0 radical (unpaired) electrons. The highest BCUT2D eigenvalue weighted by Crippen LogP contribution is 2.24. The third-order valence-electron chi connectivity index (χ3n) is 3.02. The summed E-state index contributed by atoms with van der Waals surface area (Å²) < 4.78 is 0.965. The fraction of sp³-hybridized carbons (Fsp3) is 0.133. The summed E-state index contributed by atoms with van der Waals surface area (Å²) in [6, 6.07) is 13.5. The van der Waals surface area contributed by atoms with Gasteiger partial charge in [-0.2, -0.15) is 0 Å². The molecule has 0 heterocycles. The fourth-order valence-corrected chi connectivity index (χ4v) is 2.64. The zero-order valence-corrected chi connectivity index (χ0v) is 13.4. The average Bonchev–Trinajstić information content (AvgIpc) is 2.42. The third kappa shape index (κ3) is 3.52. The van der Waals surface area contributed by atoms with E-state index in [-0.39, 0.29) is 5.84 Å². The zero-order valence-electron chi connectivity index (χ0n) is 11.0. The molecule has 0 saturated heterocycles. The van der Waals surface area contributed by atoms with Gasteiger partial charge in [0.15, 0.2) is 0 Å². The second kappa shape index (κ2) is 6.29. The van der Waals surface area contributed by atoms with E-state index in [4.69, 9.17) is 22.7 Å². The summed E-state index contributed by atoms with van der Waals surface area (Å²) in [5.74, 6) is 0.0712. The molecule has 3 N–H and O–H groups in total. The summed E-state index contributed by atoms with van der Waals surface area (Å²) in [4.78, 5) is 2.07. The van der Waals surface area contributed by atoms with Crippen LogP contribution in [0.15, 0.2) is 46.9 Å². The van der Waals surface area contributed by atoms with Gasteiger partial charge in [0.05, 0.1) is 0 Å². The van der Waals surface area contributed by atoms with E-state index < -0.39 is 0 Å². The van der Waals surface area contributed by atoms with Crippen LogP contribution in [-0.4, -0.2) is 12.9 Å². The lowest BCUT2D eigenvalue weighted by molar-refractivity contribution is 0.922. The molecule has 2 rings (SSSR count). The van der Waals surface area contributed by atoms with Gasteiger partial charge in [-0.15, -0.1) is 0 Å². The monoisotopic (exact) mass is 351 g/mol. The highest BCUT2D eigenvalue weighted by atomic mass is 79.9. The summed E-state index contributed by atoms with van der Waals surface area (Å²) >= 11 is 9.63. The first kappa shape index (κ1) is 14.9. The summed E-state index contributed by atoms with van der Waals surface area (Å²) in [5.41, 5.74) is 8.28. The van der Waals surface area contributed by atoms with Gasteiger partial charge in [0, 0.05) is 34.3 Å². The molecular formula is C15H15BrClN3. The Hall–Kier alpha value is -1.52. The molecule has 3 nitrogen and oxygen atoms in total. The van der Waals surface area contributed by atoms with Crippen LogP contribution in [0.3, 0.4) is 0 Å². The van der Waals surface area contributed by atoms with E-state index in [2.05, 4.69) is 20.8 Å². The maximum absolute atomic E-state index is 7.48. The molecule has 0 amide bonds. The van der Waals surface area contributed by atoms with E-state index in [1.807, 2.05) is 49.5 Å². The van der Waals surface area contributed by atoms with Crippen molar-refractivity contribution >= 4 is 39.1 Å². The van der Waals surface area contributed by atoms with E-state index in [1.54, 1.807) is 0 Å². The number of nitrogen functional groups attached to an aromatic ring is 1. The van der Waals surface area contributed by atoms with E-state index in [1.165, 1.54) is 0 Å². The topological polar surface area (TPSA) is 53.1 Å². The Balaban J connectivity index is 2.21. The van der Waals surface area contributed by atoms with Crippen molar-refractivity contribution in [3.8, 4) is 0 Å². The van der Waals surface area contributed by atoms with Gasteiger partial charge >= 0.3 is 0 Å². The van der Waals surface area contributed by atoms with Crippen molar-refractivity contribution < 1.29 is 0 Å². The second-order valence-corrected chi connectivity index (χ2v) is 5.88. The molecule has 0 spiro atoms. The molecule has 0 aromatic heterocycles. The Morgan fingerprint density at radius 2 is 2.05 bits per heavy atom. The van der Waals surface area contributed by atoms with Crippen LogP contribution in [0.1, 0.15) is 11.1 Å². The third-order valence-corrected chi connectivity index (χ3v) is 3.87. The number of halogens is 2. The minimum atomic E-state index is 0.0712. The van der Waals surface area contributed by atoms with E-state index in [0.29, 0.717) is 6.54 Å². The highest BCUT2D eigenvalue weighted by Gasteiger charge is 2.07. The van der Waals surface area contributed by atoms with Crippen molar-refractivity contribution in [1.29, 1.82) is 5.41 Å². The van der Waals surface area contributed by atoms with Crippen molar-refractivity contribution in [1.82, 2.24) is 0 Å². The van der Waals surface area contributed by atoms with Gasteiger partial charge in [-0.1, -0.05) is 45.7 Å². The summed E-state index contributed by atoms with van der Waals surface area (Å²) in [6.45, 7) is 0.688. The van der Waals surface area contributed by atoms with Gasteiger partial charge in [0.2, 0.25) is 0 Å². The first-order valence-corrected chi connectivity index (χ1v) is 7.24. The molecule has 0 unspecified atom stereocenters. The highest BCUT2D eigenvalue weighted by molar-refractivity contribution is 9.10. The molecular weight excluding hydrogens is 338 g/mol. The van der Waals surface area contributed by atoms with Crippen molar-refractivity contribution in [2.45, 2.75) is 6.54 Å². The molecule has 0 atom stereocenters. The molecule has 0 saturated carbocycles. The Morgan fingerprint density at radius 1 is 1.30 bits per heavy atom. The first-order chi connectivity index (χ1) is 9.47. The second-order valence-electron chi connectivity index (χ2n) is 4.56. The summed E-state index contributed by atoms with van der Waals surface area (Å²) in [5, 5.41) is 8.22. The van der Waals surface area contributed by atoms with Crippen LogP contribution in [0.2, 0.25) is 5.02 Å². The number of nitrogens with zero attached hydrogens (tertiary/aromatic N) is 1. The van der Waals surface area contributed by atoms with Gasteiger partial charge in [0.1, 0.15) is 5.84 Å². The number of rotatable bonds is 4. The van der Waals surface area contributed by atoms with Crippen LogP contribution in [0, 0.1) is 5.41 Å². The van der Waals surface area contributed by atoms with E-state index in [9.17, 15) is 0 Å². The Labute approximate surface area is 132 Å². The standard InChI is InChI=1S/C15H15BrClN3/c1-20(9-11-5-6-12(16)8-14(11)17)13-4-2-3-10(7-13)15(18)19/h2-8H,9H2,1H3,(H3,18,19). The van der Waals surface area contributed by atoms with Gasteiger partial charge in [-0.3, -0.25) is 5.41 Å².